The van der Waals surface area contributed by atoms with Crippen LogP contribution in [0, 0.1) is 5.82 Å². The molecule has 0 spiro atoms. The van der Waals surface area contributed by atoms with Crippen LogP contribution in [0.5, 0.6) is 5.75 Å². The lowest BCUT2D eigenvalue weighted by atomic mass is 9.93. The minimum atomic E-state index is -0.294. The number of fused-ring (bicyclic) bond motifs is 2. The number of hydrogen-bond donors (Lipinski definition) is 1. The van der Waals surface area contributed by atoms with Gasteiger partial charge in [-0.1, -0.05) is 48.5 Å². The molecular weight excluding hydrogens is 439 g/mol. The van der Waals surface area contributed by atoms with Crippen molar-refractivity contribution in [2.24, 2.45) is 0 Å². The highest BCUT2D eigenvalue weighted by molar-refractivity contribution is 6.02. The number of halogens is 1. The molecule has 5 aromatic rings. The molecular formula is C30H23FN2O2. The second kappa shape index (κ2) is 8.44. The maximum absolute atomic E-state index is 13.7. The molecule has 0 bridgehead atoms. The highest BCUT2D eigenvalue weighted by atomic mass is 19.1. The van der Waals surface area contributed by atoms with Crippen LogP contribution in [0.15, 0.2) is 97.1 Å². The topological polar surface area (TPSA) is 45.3 Å². The van der Waals surface area contributed by atoms with Gasteiger partial charge in [0.15, 0.2) is 0 Å². The SMILES string of the molecule is COc1ccc(CN2C(=O)c3ccccc3C2c2c(-c3ccc(F)cc3)[nH]c3ccccc23)cc1. The van der Waals surface area contributed by atoms with E-state index in [2.05, 4.69) is 11.1 Å². The summed E-state index contributed by atoms with van der Waals surface area (Å²) in [5.41, 5.74) is 6.45. The molecule has 4 aromatic carbocycles. The molecule has 1 unspecified atom stereocenters. The van der Waals surface area contributed by atoms with Crippen LogP contribution >= 0.6 is 0 Å². The second-order valence-corrected chi connectivity index (χ2v) is 8.74. The van der Waals surface area contributed by atoms with Gasteiger partial charge in [-0.15, -0.1) is 0 Å². The lowest BCUT2D eigenvalue weighted by Crippen LogP contribution is -2.28. The minimum Gasteiger partial charge on any atom is -0.497 e. The molecule has 1 N–H and O–H groups in total. The van der Waals surface area contributed by atoms with Gasteiger partial charge in [-0.25, -0.2) is 4.39 Å². The van der Waals surface area contributed by atoms with Crippen LogP contribution < -0.4 is 4.74 Å². The third kappa shape index (κ3) is 3.56. The molecule has 0 aliphatic carbocycles. The summed E-state index contributed by atoms with van der Waals surface area (Å²) >= 11 is 0. The number of carbonyl (C=O) groups excluding carboxylic acids is 1. The average Bonchev–Trinajstić information content (AvgIpc) is 3.40. The van der Waals surface area contributed by atoms with Crippen molar-refractivity contribution in [1.29, 1.82) is 0 Å². The fourth-order valence-corrected chi connectivity index (χ4v) is 5.06. The van der Waals surface area contributed by atoms with Gasteiger partial charge in [-0.2, -0.15) is 0 Å². The molecule has 35 heavy (non-hydrogen) atoms. The van der Waals surface area contributed by atoms with E-state index in [0.717, 1.165) is 44.6 Å². The molecule has 6 rings (SSSR count). The van der Waals surface area contributed by atoms with Gasteiger partial charge in [0.2, 0.25) is 0 Å². The highest BCUT2D eigenvalue weighted by Crippen LogP contribution is 2.46. The largest absolute Gasteiger partial charge is 0.497 e. The maximum Gasteiger partial charge on any atom is 0.255 e. The van der Waals surface area contributed by atoms with Crippen LogP contribution in [0.4, 0.5) is 4.39 Å². The molecule has 1 atom stereocenters. The number of amides is 1. The first-order chi connectivity index (χ1) is 17.1. The summed E-state index contributed by atoms with van der Waals surface area (Å²) in [4.78, 5) is 19.2. The number of para-hydroxylation sites is 1. The van der Waals surface area contributed by atoms with Gasteiger partial charge in [0.05, 0.1) is 18.8 Å². The highest BCUT2D eigenvalue weighted by Gasteiger charge is 2.40. The number of aromatic nitrogens is 1. The van der Waals surface area contributed by atoms with Gasteiger partial charge >= 0.3 is 0 Å². The van der Waals surface area contributed by atoms with Crippen molar-refractivity contribution in [2.75, 3.05) is 7.11 Å². The van der Waals surface area contributed by atoms with E-state index in [1.165, 1.54) is 12.1 Å². The fourth-order valence-electron chi connectivity index (χ4n) is 5.06. The maximum atomic E-state index is 13.7. The van der Waals surface area contributed by atoms with Crippen molar-refractivity contribution in [1.82, 2.24) is 9.88 Å². The normalized spacial score (nSPS) is 15.0. The number of carbonyl (C=O) groups is 1. The molecule has 1 amide bonds. The molecule has 0 fully saturated rings. The molecule has 172 valence electrons. The molecule has 5 heteroatoms. The zero-order chi connectivity index (χ0) is 23.9. The Labute approximate surface area is 202 Å². The first-order valence-corrected chi connectivity index (χ1v) is 11.5. The Morgan fingerprint density at radius 1 is 0.886 bits per heavy atom. The van der Waals surface area contributed by atoms with Crippen LogP contribution in [0.3, 0.4) is 0 Å². The van der Waals surface area contributed by atoms with Crippen LogP contribution in [0.25, 0.3) is 22.2 Å². The van der Waals surface area contributed by atoms with Crippen molar-refractivity contribution in [3.63, 3.8) is 0 Å². The Morgan fingerprint density at radius 3 is 2.37 bits per heavy atom. The first-order valence-electron chi connectivity index (χ1n) is 11.5. The van der Waals surface area contributed by atoms with E-state index in [0.29, 0.717) is 12.1 Å². The molecule has 1 aliphatic rings. The number of rotatable bonds is 5. The number of benzene rings is 4. The number of hydrogen-bond acceptors (Lipinski definition) is 2. The van der Waals surface area contributed by atoms with Crippen molar-refractivity contribution < 1.29 is 13.9 Å². The first kappa shape index (κ1) is 21.2. The molecule has 0 saturated carbocycles. The van der Waals surface area contributed by atoms with Crippen molar-refractivity contribution in [2.45, 2.75) is 12.6 Å². The van der Waals surface area contributed by atoms with Gasteiger partial charge in [-0.05, 0) is 65.2 Å². The number of ether oxygens (including phenoxy) is 1. The monoisotopic (exact) mass is 462 g/mol. The molecule has 1 aliphatic heterocycles. The average molecular weight is 463 g/mol. The van der Waals surface area contributed by atoms with E-state index >= 15 is 0 Å². The van der Waals surface area contributed by atoms with Crippen LogP contribution in [0.2, 0.25) is 0 Å². The number of nitrogens with zero attached hydrogens (tertiary/aromatic N) is 1. The molecule has 0 radical (unpaired) electrons. The molecule has 4 nitrogen and oxygen atoms in total. The Balaban J connectivity index is 1.55. The lowest BCUT2D eigenvalue weighted by molar-refractivity contribution is 0.0737. The quantitative estimate of drug-likeness (QED) is 0.315. The number of nitrogens with one attached hydrogen (secondary N) is 1. The van der Waals surface area contributed by atoms with Gasteiger partial charge < -0.3 is 14.6 Å². The second-order valence-electron chi connectivity index (χ2n) is 8.74. The Hall–Kier alpha value is -4.38. The van der Waals surface area contributed by atoms with E-state index in [1.54, 1.807) is 19.2 Å². The summed E-state index contributed by atoms with van der Waals surface area (Å²) in [6, 6.07) is 29.9. The van der Waals surface area contributed by atoms with E-state index in [1.807, 2.05) is 71.6 Å². The van der Waals surface area contributed by atoms with Gasteiger partial charge in [0.1, 0.15) is 11.6 Å². The summed E-state index contributed by atoms with van der Waals surface area (Å²) in [5, 5.41) is 1.04. The van der Waals surface area contributed by atoms with Gasteiger partial charge in [-0.3, -0.25) is 4.79 Å². The number of aromatic amines is 1. The van der Waals surface area contributed by atoms with E-state index in [4.69, 9.17) is 4.74 Å². The standard InChI is InChI=1S/C30H23FN2O2/c1-35-22-16-10-19(11-17-22)18-33-29(23-6-2-3-7-24(23)30(33)34)27-25-8-4-5-9-26(25)32-28(27)20-12-14-21(31)15-13-20/h2-17,29,32H,18H2,1H3. The number of methoxy groups -OCH3 is 1. The summed E-state index contributed by atoms with van der Waals surface area (Å²) in [6.45, 7) is 0.449. The Kier molecular flexibility index (Phi) is 5.10. The summed E-state index contributed by atoms with van der Waals surface area (Å²) in [6.07, 6.45) is 0. The predicted octanol–water partition coefficient (Wildman–Crippen LogP) is 6.73. The van der Waals surface area contributed by atoms with Crippen LogP contribution in [-0.4, -0.2) is 22.9 Å². The third-order valence-corrected chi connectivity index (χ3v) is 6.72. The summed E-state index contributed by atoms with van der Waals surface area (Å²) < 4.78 is 19.0. The smallest absolute Gasteiger partial charge is 0.255 e. The van der Waals surface area contributed by atoms with E-state index in [9.17, 15) is 9.18 Å². The zero-order valence-corrected chi connectivity index (χ0v) is 19.2. The minimum absolute atomic E-state index is 0.00300. The summed E-state index contributed by atoms with van der Waals surface area (Å²) in [5.74, 6) is 0.488. The summed E-state index contributed by atoms with van der Waals surface area (Å²) in [7, 11) is 1.64. The van der Waals surface area contributed by atoms with Crippen LogP contribution in [-0.2, 0) is 6.54 Å². The van der Waals surface area contributed by atoms with E-state index < -0.39 is 0 Å². The fraction of sp³-hybridized carbons (Fsp3) is 0.100. The molecule has 2 heterocycles. The van der Waals surface area contributed by atoms with Gasteiger partial charge in [0.25, 0.3) is 5.91 Å². The Bertz CT molecular complexity index is 1540. The third-order valence-electron chi connectivity index (χ3n) is 6.72. The predicted molar refractivity (Wildman–Crippen MR) is 135 cm³/mol. The van der Waals surface area contributed by atoms with Crippen molar-refractivity contribution in [3.8, 4) is 17.0 Å². The Morgan fingerprint density at radius 2 is 1.60 bits per heavy atom. The van der Waals surface area contributed by atoms with Crippen molar-refractivity contribution >= 4 is 16.8 Å². The number of H-pyrrole nitrogens is 1. The lowest BCUT2D eigenvalue weighted by Gasteiger charge is -2.27. The van der Waals surface area contributed by atoms with E-state index in [-0.39, 0.29) is 17.8 Å². The molecule has 0 saturated heterocycles. The molecule has 1 aromatic heterocycles. The zero-order valence-electron chi connectivity index (χ0n) is 19.2. The van der Waals surface area contributed by atoms with Crippen LogP contribution in [0.1, 0.15) is 33.1 Å². The van der Waals surface area contributed by atoms with Gasteiger partial charge in [0, 0.05) is 28.6 Å². The van der Waals surface area contributed by atoms with Crippen molar-refractivity contribution in [3.05, 3.63) is 125 Å².